The van der Waals surface area contributed by atoms with Gasteiger partial charge in [0.2, 0.25) is 0 Å². The zero-order chi connectivity index (χ0) is 0. The molecule has 0 spiro atoms. The Morgan fingerprint density at radius 1 is 1.17 bits per heavy atom. The van der Waals surface area contributed by atoms with Gasteiger partial charge in [-0.25, -0.2) is 0 Å². The molecule has 0 aromatic heterocycles. The van der Waals surface area contributed by atoms with Gasteiger partial charge in [0.25, 0.3) is 0 Å². The van der Waals surface area contributed by atoms with E-state index in [0.29, 0.717) is 0 Å². The van der Waals surface area contributed by atoms with Crippen molar-refractivity contribution < 1.29 is 41.6 Å². The summed E-state index contributed by atoms with van der Waals surface area (Å²) in [6, 6.07) is 0. The molecule has 0 N–H and O–H groups in total. The van der Waals surface area contributed by atoms with Crippen molar-refractivity contribution in [2.24, 2.45) is 0 Å². The van der Waals surface area contributed by atoms with E-state index >= 15 is 0 Å². The van der Waals surface area contributed by atoms with Crippen LogP contribution in [0.2, 0.25) is 0 Å². The predicted molar refractivity (Wildman–Crippen MR) is 35.0 cm³/mol. The van der Waals surface area contributed by atoms with Crippen LogP contribution >= 0.6 is 0 Å². The van der Waals surface area contributed by atoms with Crippen molar-refractivity contribution in [2.75, 3.05) is 0 Å². The first-order chi connectivity index (χ1) is 0. The standard InChI is InChI=1S/Al.Mg.Mn.H3Si.Sn.Ti.6H/h;;;1H3;;;;;;;;/q;+2;;;;;;;;;2*-1. The second-order valence-electron chi connectivity index (χ2n) is 0. The van der Waals surface area contributed by atoms with Crippen LogP contribution in [0.5, 0.6) is 0 Å². The van der Waals surface area contributed by atoms with Gasteiger partial charge in [0.1, 0.15) is 0 Å². The molecule has 0 fully saturated rings. The van der Waals surface area contributed by atoms with Gasteiger partial charge in [-0.3, -0.25) is 0 Å². The van der Waals surface area contributed by atoms with Gasteiger partial charge in [0.05, 0.1) is 0 Å². The van der Waals surface area contributed by atoms with Gasteiger partial charge in [-0.15, -0.1) is 0 Å². The van der Waals surface area contributed by atoms with Crippen molar-refractivity contribution in [3.05, 3.63) is 0 Å². The molecule has 0 aliphatic carbocycles. The van der Waals surface area contributed by atoms with Crippen molar-refractivity contribution in [3.63, 3.8) is 0 Å². The fraction of sp³-hybridized carbons (Fsp3) is 0. The Bertz CT molecular complexity index is 22.0. The minimum atomic E-state index is 0. The summed E-state index contributed by atoms with van der Waals surface area (Å²) in [5.41, 5.74) is 0. The molecule has 33 valence electrons. The van der Waals surface area contributed by atoms with E-state index in [9.17, 15) is 0 Å². The summed E-state index contributed by atoms with van der Waals surface area (Å²) < 4.78 is 0. The Labute approximate surface area is 115 Å². The first kappa shape index (κ1) is 55.4. The van der Waals surface area contributed by atoms with Gasteiger partial charge >= 0.3 is 47.0 Å². The van der Waals surface area contributed by atoms with Crippen molar-refractivity contribution in [1.29, 1.82) is 0 Å². The Morgan fingerprint density at radius 3 is 1.17 bits per heavy atom. The molecule has 0 atom stereocenters. The molecule has 0 unspecified atom stereocenters. The Balaban J connectivity index is 0. The van der Waals surface area contributed by atoms with E-state index in [0.717, 1.165) is 0 Å². The molecule has 0 rings (SSSR count). The largest absolute Gasteiger partial charge is 0 e. The molecule has 6 heteroatoms. The minimum Gasteiger partial charge on any atom is 0 e. The number of hydrogen-bond donors (Lipinski definition) is 0. The summed E-state index contributed by atoms with van der Waals surface area (Å²) in [7, 11) is 0. The van der Waals surface area contributed by atoms with Crippen LogP contribution in [-0.4, -0.2) is 75.3 Å². The third-order valence-electron chi connectivity index (χ3n) is 0. The topological polar surface area (TPSA) is 0 Å². The fourth-order valence-electron chi connectivity index (χ4n) is 0. The molecule has 0 heterocycles. The van der Waals surface area contributed by atoms with Crippen LogP contribution in [0.25, 0.3) is 0 Å². The Kier molecular flexibility index (Phi) is 357. The summed E-state index contributed by atoms with van der Waals surface area (Å²) >= 11 is 0. The van der Waals surface area contributed by atoms with Crippen LogP contribution in [-0.2, 0) is 38.8 Å². The molecule has 0 aliphatic rings. The molecule has 0 aliphatic heterocycles. The first-order valence-corrected chi connectivity index (χ1v) is 0. The maximum Gasteiger partial charge on any atom is 0 e. The molecule has 5 radical (unpaired) electrons. The smallest absolute Gasteiger partial charge is 0 e. The molecule has 6 heavy (non-hydrogen) atoms. The third-order valence-corrected chi connectivity index (χ3v) is 0. The van der Waals surface area contributed by atoms with E-state index in [1.165, 1.54) is 0 Å². The summed E-state index contributed by atoms with van der Waals surface area (Å²) in [4.78, 5) is 0. The quantitative estimate of drug-likeness (QED) is 0.414. The molecule has 0 amide bonds. The van der Waals surface area contributed by atoms with Crippen LogP contribution in [0.3, 0.4) is 0 Å². The van der Waals surface area contributed by atoms with Gasteiger partial charge in [-0.2, -0.15) is 0 Å². The summed E-state index contributed by atoms with van der Waals surface area (Å²) in [6.07, 6.45) is 0. The van der Waals surface area contributed by atoms with Gasteiger partial charge < -0.3 is 2.85 Å². The molecule has 0 aromatic rings. The summed E-state index contributed by atoms with van der Waals surface area (Å²) in [6.45, 7) is 0. The van der Waals surface area contributed by atoms with Gasteiger partial charge in [-0.1, -0.05) is 0 Å². The third kappa shape index (κ3) is 25.7. The van der Waals surface area contributed by atoms with Gasteiger partial charge in [-0.05, 0) is 11.0 Å². The van der Waals surface area contributed by atoms with E-state index in [1.54, 1.807) is 0 Å². The molecular weight excluding hydrogens is 301 g/mol. The normalized spacial score (nSPS) is 0. The zero-order valence-electron chi connectivity index (χ0n) is 5.16. The average molecular weight is 310 g/mol. The number of hydrogen-bond acceptors (Lipinski definition) is 0. The molecule has 0 nitrogen and oxygen atoms in total. The van der Waals surface area contributed by atoms with Gasteiger partial charge in [0.15, 0.2) is 17.4 Å². The van der Waals surface area contributed by atoms with Gasteiger partial charge in [0, 0.05) is 38.8 Å². The van der Waals surface area contributed by atoms with E-state index in [2.05, 4.69) is 0 Å². The zero-order valence-corrected chi connectivity index (χ0v) is 12.6. The number of rotatable bonds is 0. The van der Waals surface area contributed by atoms with Crippen molar-refractivity contribution in [3.8, 4) is 0 Å². The van der Waals surface area contributed by atoms with Crippen LogP contribution in [0.1, 0.15) is 2.85 Å². The average Bonchev–Trinajstić information content (AvgIpc) is 0. The van der Waals surface area contributed by atoms with E-state index in [4.69, 9.17) is 0 Å². The van der Waals surface area contributed by atoms with E-state index in [1.807, 2.05) is 0 Å². The monoisotopic (exact) mass is 311 g/mol. The second kappa shape index (κ2) is 38.7. The Morgan fingerprint density at radius 2 is 1.17 bits per heavy atom. The first-order valence-electron chi connectivity index (χ1n) is 0. The SMILES string of the molecule is [AlH3].[H-].[H-].[Mg+2].[Mn].[SiH3].[SnH].[Ti]. The second-order valence-corrected chi connectivity index (χ2v) is 0. The fourth-order valence-corrected chi connectivity index (χ4v) is 0. The summed E-state index contributed by atoms with van der Waals surface area (Å²) in [5, 5.41) is 0. The predicted octanol–water partition coefficient (Wildman–Crippen LogP) is -3.18. The van der Waals surface area contributed by atoms with Crippen molar-refractivity contribution in [1.82, 2.24) is 0 Å². The minimum absolute atomic E-state index is 0. The maximum absolute atomic E-state index is 0. The van der Waals surface area contributed by atoms with Crippen LogP contribution in [0.15, 0.2) is 0 Å². The molecule has 0 bridgehead atoms. The molecule has 0 saturated carbocycles. The van der Waals surface area contributed by atoms with Crippen LogP contribution < -0.4 is 0 Å². The molecule has 0 aromatic carbocycles. The maximum atomic E-state index is 0. The van der Waals surface area contributed by atoms with Crippen LogP contribution in [0, 0.1) is 0 Å². The van der Waals surface area contributed by atoms with Crippen molar-refractivity contribution in [2.45, 2.75) is 0 Å². The Hall–Kier alpha value is 3.55. The molecular formula is H9AlMgMnSiSnTi. The van der Waals surface area contributed by atoms with Crippen LogP contribution in [0.4, 0.5) is 0 Å². The van der Waals surface area contributed by atoms with E-state index in [-0.39, 0.29) is 117 Å². The van der Waals surface area contributed by atoms with E-state index < -0.39 is 0 Å². The molecule has 0 saturated heterocycles. The summed E-state index contributed by atoms with van der Waals surface area (Å²) in [5.74, 6) is 0. The van der Waals surface area contributed by atoms with Crippen molar-refractivity contribution >= 4 is 75.3 Å².